The minimum Gasteiger partial charge on any atom is -0.325 e. The number of halogens is 3. The third-order valence-electron chi connectivity index (χ3n) is 4.75. The summed E-state index contributed by atoms with van der Waals surface area (Å²) in [7, 11) is -4.20. The first kappa shape index (κ1) is 21.9. The number of amides is 2. The highest BCUT2D eigenvalue weighted by Crippen LogP contribution is 2.31. The molecule has 0 saturated carbocycles. The average molecular weight is 441 g/mol. The van der Waals surface area contributed by atoms with E-state index in [1.54, 1.807) is 4.90 Å². The Balaban J connectivity index is 1.67. The summed E-state index contributed by atoms with van der Waals surface area (Å²) in [6.45, 7) is 1.39. The number of anilines is 2. The molecule has 0 atom stereocenters. The van der Waals surface area contributed by atoms with E-state index in [2.05, 4.69) is 10.0 Å². The van der Waals surface area contributed by atoms with Crippen molar-refractivity contribution in [2.75, 3.05) is 23.1 Å². The predicted octanol–water partition coefficient (Wildman–Crippen LogP) is 4.91. The second kappa shape index (κ2) is 8.95. The molecule has 0 spiro atoms. The van der Waals surface area contributed by atoms with Gasteiger partial charge in [-0.2, -0.15) is 13.2 Å². The molecule has 1 aliphatic heterocycles. The van der Waals surface area contributed by atoms with Crippen molar-refractivity contribution in [1.82, 2.24) is 4.90 Å². The van der Waals surface area contributed by atoms with Gasteiger partial charge in [0.05, 0.1) is 10.5 Å². The van der Waals surface area contributed by atoms with Crippen molar-refractivity contribution in [3.63, 3.8) is 0 Å². The molecule has 0 aliphatic carbocycles. The predicted molar refractivity (Wildman–Crippen MR) is 108 cm³/mol. The zero-order valence-corrected chi connectivity index (χ0v) is 16.9. The van der Waals surface area contributed by atoms with Crippen LogP contribution in [0.15, 0.2) is 53.4 Å². The quantitative estimate of drug-likeness (QED) is 0.707. The second-order valence-electron chi connectivity index (χ2n) is 7.04. The lowest BCUT2D eigenvalue weighted by molar-refractivity contribution is -0.137. The third kappa shape index (κ3) is 5.65. The van der Waals surface area contributed by atoms with E-state index in [0.717, 1.165) is 43.9 Å². The van der Waals surface area contributed by atoms with Gasteiger partial charge in [-0.05, 0) is 55.3 Å². The molecular weight excluding hydrogens is 419 g/mol. The number of benzene rings is 2. The van der Waals surface area contributed by atoms with E-state index in [1.165, 1.54) is 24.3 Å². The Morgan fingerprint density at radius 1 is 0.900 bits per heavy atom. The van der Waals surface area contributed by atoms with Crippen LogP contribution in [0.25, 0.3) is 0 Å². The van der Waals surface area contributed by atoms with E-state index in [9.17, 15) is 26.4 Å². The molecule has 10 heteroatoms. The van der Waals surface area contributed by atoms with Gasteiger partial charge in [0, 0.05) is 24.5 Å². The number of alkyl halides is 3. The zero-order valence-electron chi connectivity index (χ0n) is 16.1. The summed E-state index contributed by atoms with van der Waals surface area (Å²) in [4.78, 5) is 13.6. The average Bonchev–Trinajstić information content (AvgIpc) is 2.98. The Morgan fingerprint density at radius 2 is 1.50 bits per heavy atom. The number of hydrogen-bond acceptors (Lipinski definition) is 3. The van der Waals surface area contributed by atoms with E-state index < -0.39 is 26.7 Å². The second-order valence-corrected chi connectivity index (χ2v) is 8.72. The van der Waals surface area contributed by atoms with E-state index >= 15 is 0 Å². The van der Waals surface area contributed by atoms with Crippen LogP contribution in [0.2, 0.25) is 0 Å². The van der Waals surface area contributed by atoms with Crippen LogP contribution in [-0.4, -0.2) is 32.4 Å². The van der Waals surface area contributed by atoms with Crippen molar-refractivity contribution in [3.8, 4) is 0 Å². The number of carbonyl (C=O) groups is 1. The minimum atomic E-state index is -4.64. The summed E-state index contributed by atoms with van der Waals surface area (Å²) in [6, 6.07) is 9.23. The minimum absolute atomic E-state index is 0.167. The van der Waals surface area contributed by atoms with Gasteiger partial charge < -0.3 is 10.2 Å². The molecule has 1 fully saturated rings. The van der Waals surface area contributed by atoms with Crippen LogP contribution < -0.4 is 10.0 Å². The number of carbonyl (C=O) groups excluding carboxylic acids is 1. The van der Waals surface area contributed by atoms with E-state index in [-0.39, 0.29) is 11.7 Å². The molecule has 0 aromatic heterocycles. The topological polar surface area (TPSA) is 78.5 Å². The van der Waals surface area contributed by atoms with Crippen molar-refractivity contribution in [2.45, 2.75) is 36.8 Å². The fourth-order valence-corrected chi connectivity index (χ4v) is 4.26. The van der Waals surface area contributed by atoms with Crippen molar-refractivity contribution in [3.05, 3.63) is 54.1 Å². The maximum atomic E-state index is 12.8. The number of likely N-dealkylation sites (tertiary alicyclic amines) is 1. The SMILES string of the molecule is O=C(Nc1ccc(NS(=O)(=O)c2cccc(C(F)(F)F)c2)cc1)N1CCCCCC1. The highest BCUT2D eigenvalue weighted by Gasteiger charge is 2.31. The van der Waals surface area contributed by atoms with Crippen LogP contribution in [0.5, 0.6) is 0 Å². The van der Waals surface area contributed by atoms with Gasteiger partial charge in [0.1, 0.15) is 0 Å². The molecule has 30 heavy (non-hydrogen) atoms. The fraction of sp³-hybridized carbons (Fsp3) is 0.350. The highest BCUT2D eigenvalue weighted by molar-refractivity contribution is 7.92. The summed E-state index contributed by atoms with van der Waals surface area (Å²) in [5.74, 6) is 0. The number of hydrogen-bond donors (Lipinski definition) is 2. The number of sulfonamides is 1. The summed E-state index contributed by atoms with van der Waals surface area (Å²) >= 11 is 0. The molecule has 0 bridgehead atoms. The molecule has 1 heterocycles. The normalized spacial score (nSPS) is 15.4. The van der Waals surface area contributed by atoms with Gasteiger partial charge in [-0.25, -0.2) is 13.2 Å². The number of rotatable bonds is 4. The van der Waals surface area contributed by atoms with E-state index in [0.29, 0.717) is 24.8 Å². The Bertz CT molecular complexity index is 984. The molecule has 2 amide bonds. The summed E-state index contributed by atoms with van der Waals surface area (Å²) < 4.78 is 65.6. The van der Waals surface area contributed by atoms with E-state index in [4.69, 9.17) is 0 Å². The Morgan fingerprint density at radius 3 is 2.10 bits per heavy atom. The lowest BCUT2D eigenvalue weighted by atomic mass is 10.2. The monoisotopic (exact) mass is 441 g/mol. The Hall–Kier alpha value is -2.75. The highest BCUT2D eigenvalue weighted by atomic mass is 32.2. The van der Waals surface area contributed by atoms with Gasteiger partial charge in [-0.15, -0.1) is 0 Å². The van der Waals surface area contributed by atoms with Crippen LogP contribution in [0.4, 0.5) is 29.3 Å². The van der Waals surface area contributed by atoms with Gasteiger partial charge in [0.2, 0.25) is 0 Å². The standard InChI is InChI=1S/C20H22F3N3O3S/c21-20(22,23)15-6-5-7-18(14-15)30(28,29)25-17-10-8-16(9-11-17)24-19(27)26-12-3-1-2-4-13-26/h5-11,14,25H,1-4,12-13H2,(H,24,27). The van der Waals surface area contributed by atoms with Gasteiger partial charge >= 0.3 is 12.2 Å². The van der Waals surface area contributed by atoms with Gasteiger partial charge in [-0.1, -0.05) is 18.9 Å². The molecule has 3 rings (SSSR count). The lowest BCUT2D eigenvalue weighted by Gasteiger charge is -2.20. The molecule has 0 unspecified atom stereocenters. The van der Waals surface area contributed by atoms with Crippen molar-refractivity contribution in [1.29, 1.82) is 0 Å². The largest absolute Gasteiger partial charge is 0.416 e. The lowest BCUT2D eigenvalue weighted by Crippen LogP contribution is -2.35. The maximum Gasteiger partial charge on any atom is 0.416 e. The van der Waals surface area contributed by atoms with Crippen LogP contribution in [-0.2, 0) is 16.2 Å². The van der Waals surface area contributed by atoms with Crippen LogP contribution >= 0.6 is 0 Å². The van der Waals surface area contributed by atoms with Gasteiger partial charge in [0.25, 0.3) is 10.0 Å². The van der Waals surface area contributed by atoms with Gasteiger partial charge in [0.15, 0.2) is 0 Å². The Kier molecular flexibility index (Phi) is 6.55. The Labute approximate surface area is 173 Å². The van der Waals surface area contributed by atoms with E-state index in [1.807, 2.05) is 0 Å². The first-order valence-electron chi connectivity index (χ1n) is 9.51. The molecule has 6 nitrogen and oxygen atoms in total. The van der Waals surface area contributed by atoms with Crippen LogP contribution in [0, 0.1) is 0 Å². The molecule has 0 radical (unpaired) electrons. The summed E-state index contributed by atoms with van der Waals surface area (Å²) in [6.07, 6.45) is -0.513. The molecule has 1 aliphatic rings. The first-order chi connectivity index (χ1) is 14.1. The summed E-state index contributed by atoms with van der Waals surface area (Å²) in [5.41, 5.74) is -0.386. The van der Waals surface area contributed by atoms with Crippen molar-refractivity contribution < 1.29 is 26.4 Å². The zero-order chi connectivity index (χ0) is 21.8. The molecule has 2 N–H and O–H groups in total. The maximum absolute atomic E-state index is 12.8. The van der Waals surface area contributed by atoms with Gasteiger partial charge in [-0.3, -0.25) is 4.72 Å². The fourth-order valence-electron chi connectivity index (χ4n) is 3.15. The molecule has 162 valence electrons. The first-order valence-corrected chi connectivity index (χ1v) is 11.0. The number of nitrogens with zero attached hydrogens (tertiary/aromatic N) is 1. The molecule has 2 aromatic rings. The number of nitrogens with one attached hydrogen (secondary N) is 2. The number of urea groups is 1. The molecular formula is C20H22F3N3O3S. The van der Waals surface area contributed by atoms with Crippen LogP contribution in [0.3, 0.4) is 0 Å². The molecule has 2 aromatic carbocycles. The van der Waals surface area contributed by atoms with Crippen LogP contribution in [0.1, 0.15) is 31.2 Å². The van der Waals surface area contributed by atoms with Crippen molar-refractivity contribution in [2.24, 2.45) is 0 Å². The smallest absolute Gasteiger partial charge is 0.325 e. The van der Waals surface area contributed by atoms with Crippen molar-refractivity contribution >= 4 is 27.4 Å². The third-order valence-corrected chi connectivity index (χ3v) is 6.13. The summed E-state index contributed by atoms with van der Waals surface area (Å²) in [5, 5.41) is 2.77. The molecule has 1 saturated heterocycles.